The lowest BCUT2D eigenvalue weighted by molar-refractivity contribution is -0.115. The van der Waals surface area contributed by atoms with E-state index in [4.69, 9.17) is 4.74 Å². The van der Waals surface area contributed by atoms with Crippen molar-refractivity contribution in [2.75, 3.05) is 25.5 Å². The molecule has 1 aliphatic carbocycles. The van der Waals surface area contributed by atoms with Gasteiger partial charge in [0.2, 0.25) is 11.0 Å². The third-order valence-electron chi connectivity index (χ3n) is 3.62. The van der Waals surface area contributed by atoms with Crippen LogP contribution in [0.3, 0.4) is 0 Å². The summed E-state index contributed by atoms with van der Waals surface area (Å²) in [6.45, 7) is 1.24. The molecule has 1 heterocycles. The number of nitrogens with one attached hydrogen (secondary N) is 2. The number of amides is 1. The van der Waals surface area contributed by atoms with Crippen molar-refractivity contribution in [1.82, 2.24) is 15.5 Å². The fourth-order valence-corrected chi connectivity index (χ4v) is 3.00. The molecule has 2 aromatic rings. The number of hydrogen-bond donors (Lipinski definition) is 2. The molecule has 1 fully saturated rings. The van der Waals surface area contributed by atoms with Crippen LogP contribution in [-0.4, -0.2) is 36.3 Å². The number of carbonyl (C=O) groups is 1. The number of benzene rings is 1. The van der Waals surface area contributed by atoms with Crippen LogP contribution in [0.1, 0.15) is 23.4 Å². The van der Waals surface area contributed by atoms with Crippen LogP contribution in [0.4, 0.5) is 5.13 Å². The summed E-state index contributed by atoms with van der Waals surface area (Å²) in [5.41, 5.74) is 1.10. The van der Waals surface area contributed by atoms with Gasteiger partial charge in [-0.05, 0) is 43.0 Å². The van der Waals surface area contributed by atoms with Crippen LogP contribution in [-0.2, 0) is 11.2 Å². The summed E-state index contributed by atoms with van der Waals surface area (Å²) in [5.74, 6) is 1.51. The van der Waals surface area contributed by atoms with Crippen LogP contribution in [0.2, 0.25) is 0 Å². The molecule has 1 aromatic carbocycles. The maximum atomic E-state index is 11.8. The van der Waals surface area contributed by atoms with E-state index in [-0.39, 0.29) is 18.3 Å². The first-order valence-corrected chi connectivity index (χ1v) is 8.50. The zero-order valence-corrected chi connectivity index (χ0v) is 15.1. The van der Waals surface area contributed by atoms with Gasteiger partial charge in [-0.25, -0.2) is 0 Å². The predicted octanol–water partition coefficient (Wildman–Crippen LogP) is 2.50. The van der Waals surface area contributed by atoms with Gasteiger partial charge in [0.15, 0.2) is 0 Å². The molecule has 0 aliphatic heterocycles. The van der Waals surface area contributed by atoms with Crippen LogP contribution in [0.15, 0.2) is 24.3 Å². The van der Waals surface area contributed by atoms with Gasteiger partial charge in [0, 0.05) is 6.42 Å². The van der Waals surface area contributed by atoms with Crippen LogP contribution < -0.4 is 15.4 Å². The maximum absolute atomic E-state index is 11.8. The molecule has 1 amide bonds. The van der Waals surface area contributed by atoms with Crippen molar-refractivity contribution in [3.05, 3.63) is 34.8 Å². The Kier molecular flexibility index (Phi) is 6.96. The van der Waals surface area contributed by atoms with Gasteiger partial charge in [-0.15, -0.1) is 22.6 Å². The average Bonchev–Trinajstić information content (AvgIpc) is 3.27. The van der Waals surface area contributed by atoms with Crippen molar-refractivity contribution in [1.29, 1.82) is 0 Å². The molecule has 0 saturated heterocycles. The Bertz CT molecular complexity index is 676. The molecule has 0 unspecified atom stereocenters. The number of halogens is 1. The van der Waals surface area contributed by atoms with Crippen molar-refractivity contribution in [2.45, 2.75) is 19.3 Å². The topological polar surface area (TPSA) is 76.1 Å². The van der Waals surface area contributed by atoms with Gasteiger partial charge in [0.05, 0.1) is 13.7 Å². The van der Waals surface area contributed by atoms with E-state index in [9.17, 15) is 4.79 Å². The fraction of sp³-hybridized carbons (Fsp3) is 0.438. The minimum absolute atomic E-state index is 0. The van der Waals surface area contributed by atoms with Gasteiger partial charge in [-0.2, -0.15) is 0 Å². The summed E-state index contributed by atoms with van der Waals surface area (Å²) >= 11 is 1.40. The van der Waals surface area contributed by atoms with Crippen molar-refractivity contribution in [2.24, 2.45) is 5.92 Å². The van der Waals surface area contributed by atoms with Crippen molar-refractivity contribution >= 4 is 34.8 Å². The Balaban J connectivity index is 0.00000208. The van der Waals surface area contributed by atoms with E-state index in [1.165, 1.54) is 24.2 Å². The first-order valence-electron chi connectivity index (χ1n) is 7.69. The largest absolute Gasteiger partial charge is 0.497 e. The highest BCUT2D eigenvalue weighted by atomic mass is 35.5. The molecule has 0 radical (unpaired) electrons. The lowest BCUT2D eigenvalue weighted by atomic mass is 10.1. The molecule has 24 heavy (non-hydrogen) atoms. The quantitative estimate of drug-likeness (QED) is 0.748. The first kappa shape index (κ1) is 18.6. The zero-order valence-electron chi connectivity index (χ0n) is 13.4. The Morgan fingerprint density at radius 1 is 1.38 bits per heavy atom. The van der Waals surface area contributed by atoms with E-state index in [0.717, 1.165) is 28.8 Å². The molecule has 0 bridgehead atoms. The summed E-state index contributed by atoms with van der Waals surface area (Å²) in [6, 6.07) is 7.85. The zero-order chi connectivity index (χ0) is 16.1. The number of rotatable bonds is 8. The molecule has 1 aliphatic rings. The summed E-state index contributed by atoms with van der Waals surface area (Å²) in [6.07, 6.45) is 3.22. The number of methoxy groups -OCH3 is 1. The first-order chi connectivity index (χ1) is 11.2. The van der Waals surface area contributed by atoms with Crippen LogP contribution in [0.25, 0.3) is 0 Å². The average molecular weight is 369 g/mol. The van der Waals surface area contributed by atoms with E-state index >= 15 is 0 Å². The molecular weight excluding hydrogens is 348 g/mol. The van der Waals surface area contributed by atoms with Crippen molar-refractivity contribution in [3.8, 4) is 5.75 Å². The molecule has 0 spiro atoms. The second-order valence-corrected chi connectivity index (χ2v) is 6.71. The summed E-state index contributed by atoms with van der Waals surface area (Å²) < 4.78 is 5.21. The molecule has 2 N–H and O–H groups in total. The monoisotopic (exact) mass is 368 g/mol. The summed E-state index contributed by atoms with van der Waals surface area (Å²) in [7, 11) is 1.65. The Morgan fingerprint density at radius 3 is 2.96 bits per heavy atom. The summed E-state index contributed by atoms with van der Waals surface area (Å²) in [5, 5.41) is 15.5. The standard InChI is InChI=1S/C16H20N4O2S.ClH/c1-22-13-4-2-3-12(7-13)8-15-19-20-16(23-15)18-14(21)10-17-9-11-5-6-11;/h2-4,7,11,17H,5-6,8-10H2,1H3,(H,18,20,21);1H. The Morgan fingerprint density at radius 2 is 2.21 bits per heavy atom. The highest BCUT2D eigenvalue weighted by molar-refractivity contribution is 7.15. The SMILES string of the molecule is COc1cccc(Cc2nnc(NC(=O)CNCC3CC3)s2)c1.Cl. The van der Waals surface area contributed by atoms with Crippen LogP contribution >= 0.6 is 23.7 Å². The fourth-order valence-electron chi connectivity index (χ4n) is 2.21. The second-order valence-electron chi connectivity index (χ2n) is 5.65. The van der Waals surface area contributed by atoms with Gasteiger partial charge in [-0.3, -0.25) is 10.1 Å². The van der Waals surface area contributed by atoms with Gasteiger partial charge in [-0.1, -0.05) is 23.5 Å². The van der Waals surface area contributed by atoms with E-state index in [1.54, 1.807) is 7.11 Å². The van der Waals surface area contributed by atoms with Crippen molar-refractivity contribution in [3.63, 3.8) is 0 Å². The smallest absolute Gasteiger partial charge is 0.240 e. The number of hydrogen-bond acceptors (Lipinski definition) is 6. The maximum Gasteiger partial charge on any atom is 0.240 e. The van der Waals surface area contributed by atoms with Gasteiger partial charge < -0.3 is 10.1 Å². The molecule has 8 heteroatoms. The van der Waals surface area contributed by atoms with Crippen LogP contribution in [0.5, 0.6) is 5.75 Å². The highest BCUT2D eigenvalue weighted by Crippen LogP contribution is 2.27. The summed E-state index contributed by atoms with van der Waals surface area (Å²) in [4.78, 5) is 11.8. The minimum atomic E-state index is -0.0743. The predicted molar refractivity (Wildman–Crippen MR) is 97.2 cm³/mol. The third-order valence-corrected chi connectivity index (χ3v) is 4.46. The lowest BCUT2D eigenvalue weighted by Crippen LogP contribution is -2.29. The number of aromatic nitrogens is 2. The second kappa shape index (κ2) is 8.96. The minimum Gasteiger partial charge on any atom is -0.497 e. The van der Waals surface area contributed by atoms with E-state index in [0.29, 0.717) is 18.1 Å². The Hall–Kier alpha value is -1.70. The molecular formula is C16H21ClN4O2S. The van der Waals surface area contributed by atoms with Gasteiger partial charge in [0.25, 0.3) is 0 Å². The van der Waals surface area contributed by atoms with Gasteiger partial charge >= 0.3 is 0 Å². The lowest BCUT2D eigenvalue weighted by Gasteiger charge is -2.03. The molecule has 0 atom stereocenters. The third kappa shape index (κ3) is 5.74. The van der Waals surface area contributed by atoms with E-state index < -0.39 is 0 Å². The van der Waals surface area contributed by atoms with Crippen molar-refractivity contribution < 1.29 is 9.53 Å². The van der Waals surface area contributed by atoms with E-state index in [1.807, 2.05) is 24.3 Å². The number of nitrogens with zero attached hydrogens (tertiary/aromatic N) is 2. The van der Waals surface area contributed by atoms with Gasteiger partial charge in [0.1, 0.15) is 10.8 Å². The van der Waals surface area contributed by atoms with Crippen LogP contribution in [0, 0.1) is 5.92 Å². The normalized spacial score (nSPS) is 13.2. The number of anilines is 1. The number of carbonyl (C=O) groups excluding carboxylic acids is 1. The molecule has 1 saturated carbocycles. The molecule has 6 nitrogen and oxygen atoms in total. The number of ether oxygens (including phenoxy) is 1. The highest BCUT2D eigenvalue weighted by Gasteiger charge is 2.20. The molecule has 3 rings (SSSR count). The molecule has 1 aromatic heterocycles. The van der Waals surface area contributed by atoms with E-state index in [2.05, 4.69) is 20.8 Å². The molecule has 130 valence electrons. The Labute approximate surface area is 151 Å².